The number of carbonyl (C=O) groups excluding carboxylic acids is 4. The molecule has 2 heterocycles. The minimum Gasteiger partial charge on any atom is -0.480 e. The van der Waals surface area contributed by atoms with Crippen LogP contribution in [0.25, 0.3) is 0 Å². The Bertz CT molecular complexity index is 1010. The smallest absolute Gasteiger partial charge is 0.326 e. The van der Waals surface area contributed by atoms with Crippen LogP contribution >= 0.6 is 0 Å². The Kier molecular flexibility index (Phi) is 11.5. The minimum atomic E-state index is -1.34. The maximum Gasteiger partial charge on any atom is 0.326 e. The van der Waals surface area contributed by atoms with Crippen molar-refractivity contribution < 1.29 is 29.1 Å². The standard InChI is InChI=1S/C22H36N10O6/c23-13(9-12-10-27-11-29-12)18(34)30-14(3-1-7-28-22(25)26)20(36)32-8-2-4-16(32)19(35)31-15(21(37)38)5-6-17(24)33/h10-11,13-16H,1-9,23H2,(H2,24,33)(H,27,29)(H,30,34)(H,31,35)(H,37,38)(H4,25,26,28). The molecule has 2 rings (SSSR count). The van der Waals surface area contributed by atoms with Crippen molar-refractivity contribution in [1.29, 1.82) is 0 Å². The van der Waals surface area contributed by atoms with Gasteiger partial charge < -0.3 is 48.6 Å². The lowest BCUT2D eigenvalue weighted by molar-refractivity contribution is -0.145. The molecular weight excluding hydrogens is 500 g/mol. The molecule has 1 fully saturated rings. The zero-order valence-electron chi connectivity index (χ0n) is 21.0. The van der Waals surface area contributed by atoms with Crippen LogP contribution in [0.1, 0.15) is 44.2 Å². The summed E-state index contributed by atoms with van der Waals surface area (Å²) in [7, 11) is 0. The Labute approximate surface area is 219 Å². The van der Waals surface area contributed by atoms with E-state index in [9.17, 15) is 29.1 Å². The number of H-pyrrole nitrogens is 1. The molecule has 38 heavy (non-hydrogen) atoms. The highest BCUT2D eigenvalue weighted by Crippen LogP contribution is 2.20. The highest BCUT2D eigenvalue weighted by Gasteiger charge is 2.39. The third-order valence-corrected chi connectivity index (χ3v) is 6.02. The van der Waals surface area contributed by atoms with E-state index in [-0.39, 0.29) is 44.7 Å². The Morgan fingerprint density at radius 3 is 2.50 bits per heavy atom. The van der Waals surface area contributed by atoms with Gasteiger partial charge in [0.15, 0.2) is 5.96 Å². The molecule has 0 radical (unpaired) electrons. The molecule has 16 nitrogen and oxygen atoms in total. The number of nitrogens with one attached hydrogen (secondary N) is 3. The second-order valence-electron chi connectivity index (χ2n) is 8.99. The lowest BCUT2D eigenvalue weighted by Crippen LogP contribution is -2.57. The third kappa shape index (κ3) is 9.34. The van der Waals surface area contributed by atoms with Crippen molar-refractivity contribution in [2.45, 2.75) is 69.1 Å². The molecule has 0 bridgehead atoms. The minimum absolute atomic E-state index is 0.112. The highest BCUT2D eigenvalue weighted by atomic mass is 16.4. The van der Waals surface area contributed by atoms with Crippen LogP contribution in [0.15, 0.2) is 17.5 Å². The quantitative estimate of drug-likeness (QED) is 0.0626. The fourth-order valence-corrected chi connectivity index (χ4v) is 4.08. The topological polar surface area (TPSA) is 278 Å². The van der Waals surface area contributed by atoms with Gasteiger partial charge in [-0.15, -0.1) is 0 Å². The zero-order valence-corrected chi connectivity index (χ0v) is 21.0. The number of carboxylic acids is 1. The number of aliphatic carboxylic acids is 1. The number of likely N-dealkylation sites (tertiary alicyclic amines) is 1. The molecule has 12 N–H and O–H groups in total. The second kappa shape index (κ2) is 14.5. The van der Waals surface area contributed by atoms with Gasteiger partial charge in [-0.25, -0.2) is 9.78 Å². The van der Waals surface area contributed by atoms with Crippen LogP contribution in [-0.2, 0) is 30.4 Å². The number of rotatable bonds is 15. The summed E-state index contributed by atoms with van der Waals surface area (Å²) in [5, 5.41) is 14.5. The maximum atomic E-state index is 13.5. The van der Waals surface area contributed by atoms with Crippen molar-refractivity contribution in [2.24, 2.45) is 27.9 Å². The van der Waals surface area contributed by atoms with Crippen LogP contribution in [-0.4, -0.2) is 92.8 Å². The molecule has 4 amide bonds. The van der Waals surface area contributed by atoms with Crippen LogP contribution in [0.2, 0.25) is 0 Å². The van der Waals surface area contributed by atoms with Gasteiger partial charge in [0, 0.05) is 37.8 Å². The SMILES string of the molecule is NC(=O)CCC(NC(=O)C1CCCN1C(=O)C(CCCN=C(N)N)NC(=O)C(N)Cc1cnc[nH]1)C(=O)O. The summed E-state index contributed by atoms with van der Waals surface area (Å²) in [4.78, 5) is 73.8. The van der Waals surface area contributed by atoms with Gasteiger partial charge in [-0.05, 0) is 32.1 Å². The summed E-state index contributed by atoms with van der Waals surface area (Å²) >= 11 is 0. The molecule has 1 aromatic rings. The lowest BCUT2D eigenvalue weighted by atomic mass is 10.1. The molecule has 1 saturated heterocycles. The van der Waals surface area contributed by atoms with Crippen molar-refractivity contribution in [3.63, 3.8) is 0 Å². The number of carbonyl (C=O) groups is 5. The molecular formula is C22H36N10O6. The number of imidazole rings is 1. The van der Waals surface area contributed by atoms with Gasteiger partial charge in [0.25, 0.3) is 0 Å². The van der Waals surface area contributed by atoms with Gasteiger partial charge in [-0.1, -0.05) is 0 Å². The van der Waals surface area contributed by atoms with Gasteiger partial charge in [-0.3, -0.25) is 24.2 Å². The van der Waals surface area contributed by atoms with E-state index in [0.717, 1.165) is 0 Å². The number of primary amides is 1. The molecule has 0 saturated carbocycles. The molecule has 16 heteroatoms. The number of nitrogens with zero attached hydrogens (tertiary/aromatic N) is 3. The summed E-state index contributed by atoms with van der Waals surface area (Å²) in [5.41, 5.74) is 22.5. The maximum absolute atomic E-state index is 13.5. The van der Waals surface area contributed by atoms with E-state index in [0.29, 0.717) is 25.0 Å². The monoisotopic (exact) mass is 536 g/mol. The number of amides is 4. The number of nitrogens with two attached hydrogens (primary N) is 4. The molecule has 0 aromatic carbocycles. The zero-order chi connectivity index (χ0) is 28.2. The first kappa shape index (κ1) is 30.0. The van der Waals surface area contributed by atoms with E-state index in [4.69, 9.17) is 22.9 Å². The molecule has 4 unspecified atom stereocenters. The van der Waals surface area contributed by atoms with E-state index < -0.39 is 53.8 Å². The Hall–Kier alpha value is -4.21. The first-order valence-corrected chi connectivity index (χ1v) is 12.2. The second-order valence-corrected chi connectivity index (χ2v) is 8.99. The van der Waals surface area contributed by atoms with Crippen molar-refractivity contribution >= 4 is 35.6 Å². The fourth-order valence-electron chi connectivity index (χ4n) is 4.08. The van der Waals surface area contributed by atoms with Gasteiger partial charge in [0.2, 0.25) is 23.6 Å². The van der Waals surface area contributed by atoms with Gasteiger partial charge in [-0.2, -0.15) is 0 Å². The average molecular weight is 537 g/mol. The van der Waals surface area contributed by atoms with Gasteiger partial charge in [0.1, 0.15) is 18.1 Å². The summed E-state index contributed by atoms with van der Waals surface area (Å²) in [6.45, 7) is 0.447. The van der Waals surface area contributed by atoms with Gasteiger partial charge >= 0.3 is 5.97 Å². The predicted molar refractivity (Wildman–Crippen MR) is 135 cm³/mol. The van der Waals surface area contributed by atoms with E-state index in [1.807, 2.05) is 0 Å². The molecule has 1 aliphatic heterocycles. The average Bonchev–Trinajstić information content (AvgIpc) is 3.54. The molecule has 0 spiro atoms. The predicted octanol–water partition coefficient (Wildman–Crippen LogP) is -3.36. The molecule has 1 aliphatic rings. The van der Waals surface area contributed by atoms with Crippen LogP contribution < -0.4 is 33.6 Å². The van der Waals surface area contributed by atoms with E-state index in [1.165, 1.54) is 17.4 Å². The number of hydrogen-bond donors (Lipinski definition) is 8. The first-order valence-electron chi connectivity index (χ1n) is 12.2. The molecule has 4 atom stereocenters. The van der Waals surface area contributed by atoms with E-state index in [1.54, 1.807) is 0 Å². The largest absolute Gasteiger partial charge is 0.480 e. The van der Waals surface area contributed by atoms with Crippen molar-refractivity contribution in [3.05, 3.63) is 18.2 Å². The number of aliphatic imine (C=N–C) groups is 1. The van der Waals surface area contributed by atoms with Gasteiger partial charge in [0.05, 0.1) is 12.4 Å². The Morgan fingerprint density at radius 2 is 1.89 bits per heavy atom. The third-order valence-electron chi connectivity index (χ3n) is 6.02. The van der Waals surface area contributed by atoms with Crippen LogP contribution in [0.4, 0.5) is 0 Å². The van der Waals surface area contributed by atoms with Crippen LogP contribution in [0.5, 0.6) is 0 Å². The lowest BCUT2D eigenvalue weighted by Gasteiger charge is -2.30. The van der Waals surface area contributed by atoms with E-state index in [2.05, 4.69) is 25.6 Å². The highest BCUT2D eigenvalue weighted by molar-refractivity contribution is 5.94. The number of aromatic nitrogens is 2. The fraction of sp³-hybridized carbons (Fsp3) is 0.591. The number of carboxylic acid groups (broad SMARTS) is 1. The van der Waals surface area contributed by atoms with Crippen molar-refractivity contribution in [3.8, 4) is 0 Å². The summed E-state index contributed by atoms with van der Waals surface area (Å²) in [6, 6.07) is -4.29. The van der Waals surface area contributed by atoms with E-state index >= 15 is 0 Å². The Morgan fingerprint density at radius 1 is 1.16 bits per heavy atom. The first-order chi connectivity index (χ1) is 18.0. The summed E-state index contributed by atoms with van der Waals surface area (Å²) < 4.78 is 0. The molecule has 1 aromatic heterocycles. The molecule has 0 aliphatic carbocycles. The summed E-state index contributed by atoms with van der Waals surface area (Å²) in [5.74, 6) is -3.90. The Balaban J connectivity index is 2.12. The molecule has 210 valence electrons. The number of aromatic amines is 1. The van der Waals surface area contributed by atoms with Crippen LogP contribution in [0, 0.1) is 0 Å². The summed E-state index contributed by atoms with van der Waals surface area (Å²) in [6.07, 6.45) is 4.05. The van der Waals surface area contributed by atoms with Crippen LogP contribution in [0.3, 0.4) is 0 Å². The number of guanidine groups is 1. The normalized spacial score (nSPS) is 17.2. The van der Waals surface area contributed by atoms with Crippen molar-refractivity contribution in [1.82, 2.24) is 25.5 Å². The van der Waals surface area contributed by atoms with Crippen molar-refractivity contribution in [2.75, 3.05) is 13.1 Å². The number of hydrogen-bond acceptors (Lipinski definition) is 8.